The van der Waals surface area contributed by atoms with E-state index in [1.165, 1.54) is 30.4 Å². The number of fused-ring (bicyclic) bond motifs is 1. The van der Waals surface area contributed by atoms with Crippen LogP contribution in [0.15, 0.2) is 18.2 Å². The minimum atomic E-state index is 0.106. The van der Waals surface area contributed by atoms with Crippen LogP contribution in [0.5, 0.6) is 0 Å². The van der Waals surface area contributed by atoms with Crippen LogP contribution in [0.1, 0.15) is 24.5 Å². The van der Waals surface area contributed by atoms with E-state index in [1.807, 2.05) is 6.92 Å². The van der Waals surface area contributed by atoms with Gasteiger partial charge in [0.2, 0.25) is 0 Å². The molecule has 0 heterocycles. The minimum Gasteiger partial charge on any atom is -0.372 e. The molecule has 1 N–H and O–H groups in total. The Bertz CT molecular complexity index is 373. The molecular weight excluding hydrogens is 170 g/mol. The lowest BCUT2D eigenvalue weighted by molar-refractivity contribution is 0.911. The Labute approximate surface area is 85.5 Å². The molecule has 1 aromatic rings. The van der Waals surface area contributed by atoms with E-state index in [4.69, 9.17) is 6.42 Å². The first-order chi connectivity index (χ1) is 6.79. The molecule has 72 valence electrons. The number of anilines is 1. The summed E-state index contributed by atoms with van der Waals surface area (Å²) >= 11 is 0. The monoisotopic (exact) mass is 185 g/mol. The van der Waals surface area contributed by atoms with E-state index in [0.29, 0.717) is 0 Å². The van der Waals surface area contributed by atoms with Crippen molar-refractivity contribution < 1.29 is 0 Å². The number of hydrogen-bond acceptors (Lipinski definition) is 1. The third-order valence-electron chi connectivity index (χ3n) is 2.73. The van der Waals surface area contributed by atoms with Crippen LogP contribution in [0.25, 0.3) is 0 Å². The van der Waals surface area contributed by atoms with Gasteiger partial charge < -0.3 is 5.32 Å². The van der Waals surface area contributed by atoms with Crippen molar-refractivity contribution in [2.45, 2.75) is 32.2 Å². The Kier molecular flexibility index (Phi) is 2.45. The van der Waals surface area contributed by atoms with Crippen molar-refractivity contribution in [3.8, 4) is 12.3 Å². The average Bonchev–Trinajstić information content (AvgIpc) is 2.64. The molecule has 0 fully saturated rings. The summed E-state index contributed by atoms with van der Waals surface area (Å²) in [6, 6.07) is 6.68. The molecule has 2 rings (SSSR count). The summed E-state index contributed by atoms with van der Waals surface area (Å²) in [5.41, 5.74) is 4.14. The highest BCUT2D eigenvalue weighted by Gasteiger charge is 2.10. The quantitative estimate of drug-likeness (QED) is 0.698. The van der Waals surface area contributed by atoms with Gasteiger partial charge in [-0.1, -0.05) is 12.0 Å². The fourth-order valence-corrected chi connectivity index (χ4v) is 1.95. The standard InChI is InChI=1S/C13H15N/c1-3-10(2)14-13-8-7-11-5-4-6-12(11)9-13/h1,7-10,14H,4-6H2,2H3. The van der Waals surface area contributed by atoms with E-state index < -0.39 is 0 Å². The van der Waals surface area contributed by atoms with Gasteiger partial charge in [-0.15, -0.1) is 6.42 Å². The normalized spacial score (nSPS) is 15.7. The molecule has 0 saturated heterocycles. The molecule has 1 atom stereocenters. The molecule has 0 aliphatic heterocycles. The largest absolute Gasteiger partial charge is 0.372 e. The topological polar surface area (TPSA) is 12.0 Å². The molecule has 1 aliphatic rings. The molecule has 1 nitrogen and oxygen atoms in total. The molecule has 0 amide bonds. The van der Waals surface area contributed by atoms with E-state index in [-0.39, 0.29) is 6.04 Å². The zero-order valence-electron chi connectivity index (χ0n) is 8.51. The minimum absolute atomic E-state index is 0.106. The first-order valence-electron chi connectivity index (χ1n) is 5.14. The average molecular weight is 185 g/mol. The lowest BCUT2D eigenvalue weighted by Crippen LogP contribution is -2.11. The fourth-order valence-electron chi connectivity index (χ4n) is 1.95. The van der Waals surface area contributed by atoms with Gasteiger partial charge in [0.25, 0.3) is 0 Å². The lowest BCUT2D eigenvalue weighted by Gasteiger charge is -2.10. The molecule has 0 saturated carbocycles. The van der Waals surface area contributed by atoms with Crippen molar-refractivity contribution in [2.24, 2.45) is 0 Å². The van der Waals surface area contributed by atoms with Crippen molar-refractivity contribution in [2.75, 3.05) is 5.32 Å². The predicted octanol–water partition coefficient (Wildman–Crippen LogP) is 2.61. The Morgan fingerprint density at radius 2 is 2.14 bits per heavy atom. The third-order valence-corrected chi connectivity index (χ3v) is 2.73. The molecule has 0 aromatic heterocycles. The summed E-state index contributed by atoms with van der Waals surface area (Å²) in [5, 5.41) is 3.29. The number of aryl methyl sites for hydroxylation is 2. The lowest BCUT2D eigenvalue weighted by atomic mass is 10.1. The summed E-state index contributed by atoms with van der Waals surface area (Å²) < 4.78 is 0. The molecule has 0 radical (unpaired) electrons. The number of terminal acetylenes is 1. The van der Waals surface area contributed by atoms with E-state index in [0.717, 1.165) is 5.69 Å². The zero-order chi connectivity index (χ0) is 9.97. The van der Waals surface area contributed by atoms with E-state index in [2.05, 4.69) is 29.4 Å². The second-order valence-electron chi connectivity index (χ2n) is 3.87. The van der Waals surface area contributed by atoms with Gasteiger partial charge in [-0.2, -0.15) is 0 Å². The first-order valence-corrected chi connectivity index (χ1v) is 5.14. The molecule has 0 bridgehead atoms. The zero-order valence-corrected chi connectivity index (χ0v) is 8.51. The van der Waals surface area contributed by atoms with Crippen LogP contribution in [-0.2, 0) is 12.8 Å². The van der Waals surface area contributed by atoms with Crippen molar-refractivity contribution in [3.63, 3.8) is 0 Å². The van der Waals surface area contributed by atoms with Gasteiger partial charge in [-0.25, -0.2) is 0 Å². The van der Waals surface area contributed by atoms with Crippen LogP contribution >= 0.6 is 0 Å². The molecule has 1 unspecified atom stereocenters. The van der Waals surface area contributed by atoms with Gasteiger partial charge in [-0.3, -0.25) is 0 Å². The molecule has 1 aromatic carbocycles. The summed E-state index contributed by atoms with van der Waals surface area (Å²) in [5.74, 6) is 2.67. The Balaban J connectivity index is 2.17. The summed E-state index contributed by atoms with van der Waals surface area (Å²) in [6.45, 7) is 1.99. The van der Waals surface area contributed by atoms with Crippen LogP contribution in [-0.4, -0.2) is 6.04 Å². The predicted molar refractivity (Wildman–Crippen MR) is 60.4 cm³/mol. The van der Waals surface area contributed by atoms with Crippen molar-refractivity contribution >= 4 is 5.69 Å². The van der Waals surface area contributed by atoms with Crippen molar-refractivity contribution in [3.05, 3.63) is 29.3 Å². The summed E-state index contributed by atoms with van der Waals surface area (Å²) in [6.07, 6.45) is 9.07. The van der Waals surface area contributed by atoms with Crippen molar-refractivity contribution in [1.82, 2.24) is 0 Å². The number of nitrogens with one attached hydrogen (secondary N) is 1. The molecule has 0 spiro atoms. The smallest absolute Gasteiger partial charge is 0.0845 e. The first kappa shape index (κ1) is 9.15. The van der Waals surface area contributed by atoms with E-state index >= 15 is 0 Å². The SMILES string of the molecule is C#CC(C)Nc1ccc2c(c1)CCC2. The summed E-state index contributed by atoms with van der Waals surface area (Å²) in [7, 11) is 0. The fraction of sp³-hybridized carbons (Fsp3) is 0.385. The van der Waals surface area contributed by atoms with Gasteiger partial charge in [0.05, 0.1) is 6.04 Å². The second-order valence-corrected chi connectivity index (χ2v) is 3.87. The second kappa shape index (κ2) is 3.75. The van der Waals surface area contributed by atoms with Crippen LogP contribution in [0.2, 0.25) is 0 Å². The highest BCUT2D eigenvalue weighted by molar-refractivity contribution is 5.51. The molecule has 1 aliphatic carbocycles. The number of benzene rings is 1. The summed E-state index contributed by atoms with van der Waals surface area (Å²) in [4.78, 5) is 0. The Morgan fingerprint density at radius 1 is 1.36 bits per heavy atom. The maximum atomic E-state index is 5.32. The van der Waals surface area contributed by atoms with E-state index in [1.54, 1.807) is 0 Å². The molecular formula is C13H15N. The van der Waals surface area contributed by atoms with Crippen molar-refractivity contribution in [1.29, 1.82) is 0 Å². The maximum absolute atomic E-state index is 5.32. The highest BCUT2D eigenvalue weighted by atomic mass is 14.9. The van der Waals surface area contributed by atoms with Gasteiger partial charge in [0.1, 0.15) is 0 Å². The van der Waals surface area contributed by atoms with Crippen LogP contribution < -0.4 is 5.32 Å². The third kappa shape index (κ3) is 1.75. The molecule has 1 heteroatoms. The van der Waals surface area contributed by atoms with Gasteiger partial charge in [0, 0.05) is 5.69 Å². The van der Waals surface area contributed by atoms with E-state index in [9.17, 15) is 0 Å². The maximum Gasteiger partial charge on any atom is 0.0845 e. The molecule has 14 heavy (non-hydrogen) atoms. The van der Waals surface area contributed by atoms with Crippen LogP contribution in [0.3, 0.4) is 0 Å². The van der Waals surface area contributed by atoms with Gasteiger partial charge in [-0.05, 0) is 49.4 Å². The number of rotatable bonds is 2. The van der Waals surface area contributed by atoms with Gasteiger partial charge in [0.15, 0.2) is 0 Å². The van der Waals surface area contributed by atoms with Crippen LogP contribution in [0, 0.1) is 12.3 Å². The Morgan fingerprint density at radius 3 is 2.93 bits per heavy atom. The van der Waals surface area contributed by atoms with Gasteiger partial charge >= 0.3 is 0 Å². The Hall–Kier alpha value is -1.42. The number of hydrogen-bond donors (Lipinski definition) is 1. The van der Waals surface area contributed by atoms with Crippen LogP contribution in [0.4, 0.5) is 5.69 Å². The highest BCUT2D eigenvalue weighted by Crippen LogP contribution is 2.24.